The van der Waals surface area contributed by atoms with Crippen molar-refractivity contribution in [2.24, 2.45) is 0 Å². The van der Waals surface area contributed by atoms with Crippen LogP contribution in [0, 0.1) is 0 Å². The van der Waals surface area contributed by atoms with Crippen molar-refractivity contribution in [1.29, 1.82) is 0 Å². The summed E-state index contributed by atoms with van der Waals surface area (Å²) in [5.41, 5.74) is 2.07. The van der Waals surface area contributed by atoms with Gasteiger partial charge in [-0.1, -0.05) is 24.3 Å². The number of rotatable bonds is 5. The van der Waals surface area contributed by atoms with Gasteiger partial charge < -0.3 is 9.30 Å². The van der Waals surface area contributed by atoms with Gasteiger partial charge in [-0.15, -0.1) is 11.3 Å². The van der Waals surface area contributed by atoms with Crippen LogP contribution in [0.3, 0.4) is 0 Å². The van der Waals surface area contributed by atoms with Crippen LogP contribution in [0.25, 0.3) is 22.3 Å². The Kier molecular flexibility index (Phi) is 4.11. The minimum Gasteiger partial charge on any atom is -0.374 e. The van der Waals surface area contributed by atoms with E-state index in [0.717, 1.165) is 28.8 Å². The highest BCUT2D eigenvalue weighted by atomic mass is 32.1. The van der Waals surface area contributed by atoms with Crippen LogP contribution in [0.4, 0.5) is 0 Å². The maximum absolute atomic E-state index is 5.70. The standard InChI is InChI=1S/C19H17N3OS/c1-23-17(18-7-4-12-24-18)13-22-11-10-21-19(22)15-8-9-20-16-6-3-2-5-14(15)16/h2-12,17H,13H2,1H3/t17-/m0/s1. The first-order chi connectivity index (χ1) is 11.9. The van der Waals surface area contributed by atoms with Gasteiger partial charge in [-0.3, -0.25) is 4.98 Å². The number of fused-ring (bicyclic) bond motifs is 1. The summed E-state index contributed by atoms with van der Waals surface area (Å²) in [5, 5.41) is 3.18. The molecule has 0 bridgehead atoms. The summed E-state index contributed by atoms with van der Waals surface area (Å²) in [6.45, 7) is 0.725. The number of hydrogen-bond donors (Lipinski definition) is 0. The molecule has 0 saturated carbocycles. The van der Waals surface area contributed by atoms with E-state index >= 15 is 0 Å². The summed E-state index contributed by atoms with van der Waals surface area (Å²) in [4.78, 5) is 10.2. The fourth-order valence-electron chi connectivity index (χ4n) is 2.93. The van der Waals surface area contributed by atoms with Crippen molar-refractivity contribution in [2.45, 2.75) is 12.6 Å². The van der Waals surface area contributed by atoms with Crippen LogP contribution in [-0.2, 0) is 11.3 Å². The number of thiophene rings is 1. The Morgan fingerprint density at radius 3 is 2.83 bits per heavy atom. The van der Waals surface area contributed by atoms with Crippen LogP contribution in [0.2, 0.25) is 0 Å². The van der Waals surface area contributed by atoms with E-state index in [0.29, 0.717) is 0 Å². The zero-order valence-electron chi connectivity index (χ0n) is 13.3. The van der Waals surface area contributed by atoms with Crippen molar-refractivity contribution >= 4 is 22.2 Å². The van der Waals surface area contributed by atoms with E-state index in [1.807, 2.05) is 42.9 Å². The van der Waals surface area contributed by atoms with Gasteiger partial charge in [0.05, 0.1) is 12.1 Å². The predicted octanol–water partition coefficient (Wildman–Crippen LogP) is 4.55. The Morgan fingerprint density at radius 2 is 2.00 bits per heavy atom. The molecule has 1 aromatic carbocycles. The number of ether oxygens (including phenoxy) is 1. The Bertz CT molecular complexity index is 941. The zero-order valence-corrected chi connectivity index (χ0v) is 14.1. The molecule has 0 spiro atoms. The fourth-order valence-corrected chi connectivity index (χ4v) is 3.72. The molecule has 24 heavy (non-hydrogen) atoms. The number of para-hydroxylation sites is 1. The Hall–Kier alpha value is -2.50. The number of benzene rings is 1. The second kappa shape index (κ2) is 6.55. The summed E-state index contributed by atoms with van der Waals surface area (Å²) in [6, 6.07) is 14.3. The SMILES string of the molecule is CO[C@@H](Cn1ccnc1-c1ccnc2ccccc12)c1cccs1. The molecule has 0 saturated heterocycles. The van der Waals surface area contributed by atoms with Gasteiger partial charge in [0, 0.05) is 41.5 Å². The van der Waals surface area contributed by atoms with E-state index in [1.165, 1.54) is 4.88 Å². The molecular formula is C19H17N3OS. The minimum atomic E-state index is 0.0195. The number of aromatic nitrogens is 3. The molecule has 0 fully saturated rings. The summed E-state index contributed by atoms with van der Waals surface area (Å²) in [5.74, 6) is 0.937. The summed E-state index contributed by atoms with van der Waals surface area (Å²) < 4.78 is 7.84. The molecule has 3 heterocycles. The maximum atomic E-state index is 5.70. The zero-order chi connectivity index (χ0) is 16.4. The lowest BCUT2D eigenvalue weighted by Gasteiger charge is -2.17. The monoisotopic (exact) mass is 335 g/mol. The quantitative estimate of drug-likeness (QED) is 0.537. The van der Waals surface area contributed by atoms with Crippen molar-refractivity contribution in [2.75, 3.05) is 7.11 Å². The number of imidazole rings is 1. The first-order valence-electron chi connectivity index (χ1n) is 7.78. The smallest absolute Gasteiger partial charge is 0.140 e. The maximum Gasteiger partial charge on any atom is 0.140 e. The van der Waals surface area contributed by atoms with Crippen molar-refractivity contribution < 1.29 is 4.74 Å². The van der Waals surface area contributed by atoms with Crippen LogP contribution < -0.4 is 0 Å². The van der Waals surface area contributed by atoms with E-state index in [-0.39, 0.29) is 6.10 Å². The molecule has 0 aliphatic heterocycles. The molecule has 120 valence electrons. The Morgan fingerprint density at radius 1 is 1.08 bits per heavy atom. The highest BCUT2D eigenvalue weighted by molar-refractivity contribution is 7.10. The molecule has 0 radical (unpaired) electrons. The molecule has 0 aliphatic carbocycles. The third kappa shape index (κ3) is 2.72. The lowest BCUT2D eigenvalue weighted by atomic mass is 10.1. The van der Waals surface area contributed by atoms with E-state index < -0.39 is 0 Å². The fraction of sp³-hybridized carbons (Fsp3) is 0.158. The van der Waals surface area contributed by atoms with Crippen molar-refractivity contribution in [1.82, 2.24) is 14.5 Å². The summed E-state index contributed by atoms with van der Waals surface area (Å²) in [7, 11) is 1.75. The Labute approximate surface area is 144 Å². The third-order valence-electron chi connectivity index (χ3n) is 4.11. The number of pyridine rings is 1. The van der Waals surface area contributed by atoms with Gasteiger partial charge in [0.1, 0.15) is 11.9 Å². The van der Waals surface area contributed by atoms with E-state index in [1.54, 1.807) is 18.4 Å². The van der Waals surface area contributed by atoms with E-state index in [4.69, 9.17) is 4.74 Å². The molecule has 0 aliphatic rings. The highest BCUT2D eigenvalue weighted by Gasteiger charge is 2.16. The largest absolute Gasteiger partial charge is 0.374 e. The molecule has 5 heteroatoms. The normalized spacial score (nSPS) is 12.5. The average molecular weight is 335 g/mol. The van der Waals surface area contributed by atoms with Gasteiger partial charge in [-0.05, 0) is 23.6 Å². The average Bonchev–Trinajstić information content (AvgIpc) is 3.31. The van der Waals surface area contributed by atoms with Gasteiger partial charge in [0.25, 0.3) is 0 Å². The number of nitrogens with zero attached hydrogens (tertiary/aromatic N) is 3. The molecule has 0 amide bonds. The molecule has 0 unspecified atom stereocenters. The number of hydrogen-bond acceptors (Lipinski definition) is 4. The van der Waals surface area contributed by atoms with Crippen molar-refractivity contribution in [3.8, 4) is 11.4 Å². The summed E-state index contributed by atoms with van der Waals surface area (Å²) >= 11 is 1.71. The van der Waals surface area contributed by atoms with Crippen molar-refractivity contribution in [3.63, 3.8) is 0 Å². The molecule has 4 aromatic rings. The second-order valence-electron chi connectivity index (χ2n) is 5.52. The van der Waals surface area contributed by atoms with Crippen LogP contribution in [0.1, 0.15) is 11.0 Å². The second-order valence-corrected chi connectivity index (χ2v) is 6.50. The van der Waals surface area contributed by atoms with E-state index in [2.05, 4.69) is 38.1 Å². The molecule has 4 nitrogen and oxygen atoms in total. The van der Waals surface area contributed by atoms with Gasteiger partial charge in [0.2, 0.25) is 0 Å². The van der Waals surface area contributed by atoms with Gasteiger partial charge >= 0.3 is 0 Å². The molecular weight excluding hydrogens is 318 g/mol. The van der Waals surface area contributed by atoms with Gasteiger partial charge in [-0.2, -0.15) is 0 Å². The van der Waals surface area contributed by atoms with E-state index in [9.17, 15) is 0 Å². The molecule has 4 rings (SSSR count). The van der Waals surface area contributed by atoms with Gasteiger partial charge in [0.15, 0.2) is 0 Å². The topological polar surface area (TPSA) is 39.9 Å². The molecule has 3 aromatic heterocycles. The van der Waals surface area contributed by atoms with Crippen LogP contribution in [-0.4, -0.2) is 21.6 Å². The molecule has 1 atom stereocenters. The predicted molar refractivity (Wildman–Crippen MR) is 97.0 cm³/mol. The lowest BCUT2D eigenvalue weighted by molar-refractivity contribution is 0.0911. The first-order valence-corrected chi connectivity index (χ1v) is 8.66. The van der Waals surface area contributed by atoms with Gasteiger partial charge in [-0.25, -0.2) is 4.98 Å². The minimum absolute atomic E-state index is 0.0195. The molecule has 0 N–H and O–H groups in total. The highest BCUT2D eigenvalue weighted by Crippen LogP contribution is 2.29. The van der Waals surface area contributed by atoms with Crippen LogP contribution in [0.5, 0.6) is 0 Å². The Balaban J connectivity index is 1.74. The number of methoxy groups -OCH3 is 1. The summed E-state index contributed by atoms with van der Waals surface area (Å²) in [6.07, 6.45) is 5.70. The van der Waals surface area contributed by atoms with Crippen molar-refractivity contribution in [3.05, 3.63) is 71.3 Å². The van der Waals surface area contributed by atoms with Crippen LogP contribution in [0.15, 0.2) is 66.4 Å². The first kappa shape index (κ1) is 15.1. The third-order valence-corrected chi connectivity index (χ3v) is 5.08. The lowest BCUT2D eigenvalue weighted by Crippen LogP contribution is -2.10. The van der Waals surface area contributed by atoms with Crippen LogP contribution >= 0.6 is 11.3 Å².